The Morgan fingerprint density at radius 3 is 2.65 bits per heavy atom. The molecule has 1 aromatic heterocycles. The van der Waals surface area contributed by atoms with Gasteiger partial charge in [0, 0.05) is 6.42 Å². The van der Waals surface area contributed by atoms with Crippen molar-refractivity contribution in [1.29, 1.82) is 0 Å². The standard InChI is InChI=1S/C18H20N2O3/c1-12-17(18(22)23-16-11-7-6-10-15(16)21)13(2)20(19-12)14-8-4-3-5-9-14/h3-5,8-9,16H,6-7,10-11H2,1-2H3. The van der Waals surface area contributed by atoms with E-state index in [0.717, 1.165) is 24.2 Å². The molecule has 120 valence electrons. The first kappa shape index (κ1) is 15.5. The number of rotatable bonds is 3. The highest BCUT2D eigenvalue weighted by Crippen LogP contribution is 2.22. The molecule has 1 aliphatic rings. The third-order valence-corrected chi connectivity index (χ3v) is 4.24. The maximum absolute atomic E-state index is 12.5. The van der Waals surface area contributed by atoms with Crippen molar-refractivity contribution in [2.24, 2.45) is 0 Å². The van der Waals surface area contributed by atoms with Gasteiger partial charge in [0.15, 0.2) is 11.9 Å². The van der Waals surface area contributed by atoms with Crippen molar-refractivity contribution in [3.05, 3.63) is 47.3 Å². The number of Topliss-reactive ketones (excluding diaryl/α,β-unsaturated/α-hetero) is 1. The molecular formula is C18H20N2O3. The zero-order chi connectivity index (χ0) is 16.4. The molecular weight excluding hydrogens is 292 g/mol. The number of aryl methyl sites for hydroxylation is 1. The first-order valence-electron chi connectivity index (χ1n) is 7.93. The lowest BCUT2D eigenvalue weighted by molar-refractivity contribution is -0.129. The van der Waals surface area contributed by atoms with Gasteiger partial charge >= 0.3 is 5.97 Å². The van der Waals surface area contributed by atoms with Crippen LogP contribution < -0.4 is 0 Å². The van der Waals surface area contributed by atoms with Crippen LogP contribution >= 0.6 is 0 Å². The number of carbonyl (C=O) groups excluding carboxylic acids is 2. The van der Waals surface area contributed by atoms with Crippen molar-refractivity contribution in [1.82, 2.24) is 9.78 Å². The van der Waals surface area contributed by atoms with Crippen molar-refractivity contribution < 1.29 is 14.3 Å². The van der Waals surface area contributed by atoms with E-state index in [2.05, 4.69) is 5.10 Å². The number of nitrogens with zero attached hydrogens (tertiary/aromatic N) is 2. The maximum Gasteiger partial charge on any atom is 0.342 e. The summed E-state index contributed by atoms with van der Waals surface area (Å²) in [5.41, 5.74) is 2.68. The third kappa shape index (κ3) is 3.04. The number of carbonyl (C=O) groups is 2. The Bertz CT molecular complexity index is 734. The molecule has 0 radical (unpaired) electrons. The molecule has 2 aromatic rings. The summed E-state index contributed by atoms with van der Waals surface area (Å²) in [4.78, 5) is 24.4. The average Bonchev–Trinajstić information content (AvgIpc) is 2.85. The van der Waals surface area contributed by atoms with Gasteiger partial charge in [-0.25, -0.2) is 9.48 Å². The number of esters is 1. The number of hydrogen-bond donors (Lipinski definition) is 0. The van der Waals surface area contributed by atoms with Crippen LogP contribution in [0.2, 0.25) is 0 Å². The molecule has 1 unspecified atom stereocenters. The van der Waals surface area contributed by atoms with E-state index >= 15 is 0 Å². The van der Waals surface area contributed by atoms with E-state index in [1.807, 2.05) is 37.3 Å². The fourth-order valence-corrected chi connectivity index (χ4v) is 3.02. The van der Waals surface area contributed by atoms with Gasteiger partial charge in [0.05, 0.1) is 17.1 Å². The summed E-state index contributed by atoms with van der Waals surface area (Å²) in [5.74, 6) is -0.433. The fraction of sp³-hybridized carbons (Fsp3) is 0.389. The van der Waals surface area contributed by atoms with Gasteiger partial charge < -0.3 is 4.74 Å². The molecule has 0 saturated heterocycles. The van der Waals surface area contributed by atoms with Crippen molar-refractivity contribution in [3.63, 3.8) is 0 Å². The highest BCUT2D eigenvalue weighted by atomic mass is 16.5. The van der Waals surface area contributed by atoms with Crippen LogP contribution in [0, 0.1) is 13.8 Å². The van der Waals surface area contributed by atoms with Crippen molar-refractivity contribution in [3.8, 4) is 5.69 Å². The van der Waals surface area contributed by atoms with E-state index in [9.17, 15) is 9.59 Å². The summed E-state index contributed by atoms with van der Waals surface area (Å²) < 4.78 is 7.19. The summed E-state index contributed by atoms with van der Waals surface area (Å²) >= 11 is 0. The van der Waals surface area contributed by atoms with Gasteiger partial charge in [0.2, 0.25) is 0 Å². The van der Waals surface area contributed by atoms with Gasteiger partial charge in [-0.05, 0) is 45.2 Å². The van der Waals surface area contributed by atoms with Crippen LogP contribution in [-0.4, -0.2) is 27.6 Å². The highest BCUT2D eigenvalue weighted by molar-refractivity contribution is 5.94. The molecule has 1 heterocycles. The minimum atomic E-state index is -0.602. The molecule has 1 saturated carbocycles. The van der Waals surface area contributed by atoms with Crippen LogP contribution in [0.3, 0.4) is 0 Å². The van der Waals surface area contributed by atoms with E-state index in [1.165, 1.54) is 0 Å². The third-order valence-electron chi connectivity index (χ3n) is 4.24. The number of benzene rings is 1. The molecule has 3 rings (SSSR count). The fourth-order valence-electron chi connectivity index (χ4n) is 3.02. The van der Waals surface area contributed by atoms with Crippen molar-refractivity contribution >= 4 is 11.8 Å². The Kier molecular flexibility index (Phi) is 4.28. The van der Waals surface area contributed by atoms with Crippen LogP contribution in [0.15, 0.2) is 30.3 Å². The Morgan fingerprint density at radius 1 is 1.22 bits per heavy atom. The Balaban J connectivity index is 1.86. The van der Waals surface area contributed by atoms with Gasteiger partial charge in [0.25, 0.3) is 0 Å². The summed E-state index contributed by atoms with van der Waals surface area (Å²) in [6.07, 6.45) is 2.33. The molecule has 1 fully saturated rings. The highest BCUT2D eigenvalue weighted by Gasteiger charge is 2.29. The summed E-state index contributed by atoms with van der Waals surface area (Å²) in [5, 5.41) is 4.44. The van der Waals surface area contributed by atoms with Crippen LogP contribution in [0.5, 0.6) is 0 Å². The molecule has 5 nitrogen and oxygen atoms in total. The van der Waals surface area contributed by atoms with Crippen molar-refractivity contribution in [2.75, 3.05) is 0 Å². The topological polar surface area (TPSA) is 61.2 Å². The number of ketones is 1. The molecule has 0 amide bonds. The predicted molar refractivity (Wildman–Crippen MR) is 85.7 cm³/mol. The van der Waals surface area contributed by atoms with E-state index in [1.54, 1.807) is 11.6 Å². The normalized spacial score (nSPS) is 18.0. The Labute approximate surface area is 135 Å². The van der Waals surface area contributed by atoms with E-state index in [4.69, 9.17) is 4.74 Å². The van der Waals surface area contributed by atoms with Gasteiger partial charge in [0.1, 0.15) is 5.56 Å². The number of aromatic nitrogens is 2. The molecule has 0 spiro atoms. The molecule has 1 aromatic carbocycles. The van der Waals surface area contributed by atoms with Gasteiger partial charge in [-0.2, -0.15) is 5.10 Å². The molecule has 0 N–H and O–H groups in total. The maximum atomic E-state index is 12.5. The molecule has 23 heavy (non-hydrogen) atoms. The smallest absolute Gasteiger partial charge is 0.342 e. The number of ether oxygens (including phenoxy) is 1. The second kappa shape index (κ2) is 6.36. The Morgan fingerprint density at radius 2 is 1.96 bits per heavy atom. The average molecular weight is 312 g/mol. The largest absolute Gasteiger partial charge is 0.451 e. The summed E-state index contributed by atoms with van der Waals surface area (Å²) in [7, 11) is 0. The minimum Gasteiger partial charge on any atom is -0.451 e. The SMILES string of the molecule is Cc1nn(-c2ccccc2)c(C)c1C(=O)OC1CCCCC1=O. The number of hydrogen-bond acceptors (Lipinski definition) is 4. The van der Waals surface area contributed by atoms with Crippen molar-refractivity contribution in [2.45, 2.75) is 45.6 Å². The lowest BCUT2D eigenvalue weighted by Crippen LogP contribution is -2.30. The Hall–Kier alpha value is -2.43. The van der Waals surface area contributed by atoms with Crippen LogP contribution in [0.25, 0.3) is 5.69 Å². The van der Waals surface area contributed by atoms with E-state index < -0.39 is 12.1 Å². The molecule has 1 atom stereocenters. The van der Waals surface area contributed by atoms with E-state index in [-0.39, 0.29) is 5.78 Å². The molecule has 0 aliphatic heterocycles. The molecule has 0 bridgehead atoms. The zero-order valence-electron chi connectivity index (χ0n) is 13.4. The second-order valence-corrected chi connectivity index (χ2v) is 5.90. The quantitative estimate of drug-likeness (QED) is 0.817. The monoisotopic (exact) mass is 312 g/mol. The minimum absolute atomic E-state index is 0.0235. The number of para-hydroxylation sites is 1. The van der Waals surface area contributed by atoms with E-state index in [0.29, 0.717) is 24.1 Å². The van der Waals surface area contributed by atoms with Gasteiger partial charge in [-0.3, -0.25) is 4.79 Å². The summed E-state index contributed by atoms with van der Waals surface area (Å²) in [6, 6.07) is 9.63. The van der Waals surface area contributed by atoms with Crippen LogP contribution in [0.4, 0.5) is 0 Å². The van der Waals surface area contributed by atoms with Gasteiger partial charge in [-0.1, -0.05) is 18.2 Å². The van der Waals surface area contributed by atoms with Crippen LogP contribution in [0.1, 0.15) is 47.4 Å². The zero-order valence-corrected chi connectivity index (χ0v) is 13.4. The summed E-state index contributed by atoms with van der Waals surface area (Å²) in [6.45, 7) is 3.62. The predicted octanol–water partition coefficient (Wildman–Crippen LogP) is 3.16. The molecule has 5 heteroatoms. The van der Waals surface area contributed by atoms with Crippen LogP contribution in [-0.2, 0) is 9.53 Å². The lowest BCUT2D eigenvalue weighted by Gasteiger charge is -2.20. The first-order chi connectivity index (χ1) is 11.1. The first-order valence-corrected chi connectivity index (χ1v) is 7.93. The second-order valence-electron chi connectivity index (χ2n) is 5.90. The lowest BCUT2D eigenvalue weighted by atomic mass is 9.96. The van der Waals surface area contributed by atoms with Gasteiger partial charge in [-0.15, -0.1) is 0 Å². The molecule has 1 aliphatic carbocycles.